The summed E-state index contributed by atoms with van der Waals surface area (Å²) in [6, 6.07) is 7.72. The van der Waals surface area contributed by atoms with E-state index in [1.165, 1.54) is 0 Å². The van der Waals surface area contributed by atoms with Crippen molar-refractivity contribution < 1.29 is 9.59 Å². The predicted octanol–water partition coefficient (Wildman–Crippen LogP) is 2.49. The van der Waals surface area contributed by atoms with E-state index in [2.05, 4.69) is 0 Å². The SMILES string of the molecule is CCC(=O)N1CCCN(C(=O)c2ccc(SC)cc2)CC1. The molecule has 1 heterocycles. The fourth-order valence-electron chi connectivity index (χ4n) is 2.51. The first-order chi connectivity index (χ1) is 10.2. The first-order valence-corrected chi connectivity index (χ1v) is 8.59. The van der Waals surface area contributed by atoms with Crippen molar-refractivity contribution in [3.05, 3.63) is 29.8 Å². The van der Waals surface area contributed by atoms with Crippen molar-refractivity contribution in [1.29, 1.82) is 0 Å². The number of carbonyl (C=O) groups is 2. The maximum Gasteiger partial charge on any atom is 0.253 e. The lowest BCUT2D eigenvalue weighted by Crippen LogP contribution is -2.37. The maximum absolute atomic E-state index is 12.5. The summed E-state index contributed by atoms with van der Waals surface area (Å²) in [5, 5.41) is 0. The molecule has 2 rings (SSSR count). The molecular formula is C16H22N2O2S. The van der Waals surface area contributed by atoms with E-state index < -0.39 is 0 Å². The van der Waals surface area contributed by atoms with Gasteiger partial charge >= 0.3 is 0 Å². The Hall–Kier alpha value is -1.49. The van der Waals surface area contributed by atoms with Gasteiger partial charge in [0.25, 0.3) is 5.91 Å². The van der Waals surface area contributed by atoms with E-state index in [9.17, 15) is 9.59 Å². The second-order valence-electron chi connectivity index (χ2n) is 5.11. The van der Waals surface area contributed by atoms with Crippen molar-refractivity contribution in [2.24, 2.45) is 0 Å². The largest absolute Gasteiger partial charge is 0.341 e. The molecule has 5 heteroatoms. The Morgan fingerprint density at radius 1 is 1.05 bits per heavy atom. The summed E-state index contributed by atoms with van der Waals surface area (Å²) < 4.78 is 0. The Morgan fingerprint density at radius 2 is 1.67 bits per heavy atom. The minimum Gasteiger partial charge on any atom is -0.341 e. The van der Waals surface area contributed by atoms with E-state index in [4.69, 9.17) is 0 Å². The number of thioether (sulfide) groups is 1. The van der Waals surface area contributed by atoms with Crippen LogP contribution in [-0.2, 0) is 4.79 Å². The molecule has 21 heavy (non-hydrogen) atoms. The minimum absolute atomic E-state index is 0.0634. The first-order valence-electron chi connectivity index (χ1n) is 7.36. The van der Waals surface area contributed by atoms with E-state index in [-0.39, 0.29) is 11.8 Å². The lowest BCUT2D eigenvalue weighted by atomic mass is 10.2. The van der Waals surface area contributed by atoms with Gasteiger partial charge in [0, 0.05) is 43.1 Å². The van der Waals surface area contributed by atoms with Gasteiger partial charge in [0.2, 0.25) is 5.91 Å². The molecule has 0 bridgehead atoms. The minimum atomic E-state index is 0.0634. The van der Waals surface area contributed by atoms with E-state index in [1.54, 1.807) is 11.8 Å². The summed E-state index contributed by atoms with van der Waals surface area (Å²) in [5.41, 5.74) is 0.725. The van der Waals surface area contributed by atoms with E-state index in [1.807, 2.05) is 47.2 Å². The molecule has 0 atom stereocenters. The van der Waals surface area contributed by atoms with Crippen molar-refractivity contribution in [1.82, 2.24) is 9.80 Å². The highest BCUT2D eigenvalue weighted by atomic mass is 32.2. The second-order valence-corrected chi connectivity index (χ2v) is 5.99. The standard InChI is InChI=1S/C16H22N2O2S/c1-3-15(19)17-9-4-10-18(12-11-17)16(20)13-5-7-14(21-2)8-6-13/h5-8H,3-4,9-12H2,1-2H3. The molecule has 0 aromatic heterocycles. The molecule has 0 radical (unpaired) electrons. The summed E-state index contributed by atoms with van der Waals surface area (Å²) in [6.45, 7) is 4.61. The van der Waals surface area contributed by atoms with Crippen LogP contribution in [0.2, 0.25) is 0 Å². The quantitative estimate of drug-likeness (QED) is 0.806. The van der Waals surface area contributed by atoms with Gasteiger partial charge in [-0.1, -0.05) is 6.92 Å². The van der Waals surface area contributed by atoms with Crippen LogP contribution in [0, 0.1) is 0 Å². The highest BCUT2D eigenvalue weighted by molar-refractivity contribution is 7.98. The van der Waals surface area contributed by atoms with Crippen LogP contribution in [0.1, 0.15) is 30.1 Å². The molecule has 1 saturated heterocycles. The smallest absolute Gasteiger partial charge is 0.253 e. The van der Waals surface area contributed by atoms with Gasteiger partial charge in [-0.05, 0) is 36.9 Å². The number of nitrogens with zero attached hydrogens (tertiary/aromatic N) is 2. The number of benzene rings is 1. The van der Waals surface area contributed by atoms with E-state index in [0.717, 1.165) is 30.0 Å². The molecular weight excluding hydrogens is 284 g/mol. The predicted molar refractivity (Wildman–Crippen MR) is 85.6 cm³/mol. The van der Waals surface area contributed by atoms with Crippen LogP contribution in [-0.4, -0.2) is 54.0 Å². The highest BCUT2D eigenvalue weighted by Crippen LogP contribution is 2.16. The first kappa shape index (κ1) is 15.9. The second kappa shape index (κ2) is 7.50. The fourth-order valence-corrected chi connectivity index (χ4v) is 2.92. The Balaban J connectivity index is 2.00. The van der Waals surface area contributed by atoms with Gasteiger partial charge in [-0.2, -0.15) is 0 Å². The van der Waals surface area contributed by atoms with Crippen molar-refractivity contribution in [3.8, 4) is 0 Å². The zero-order valence-corrected chi connectivity index (χ0v) is 13.5. The highest BCUT2D eigenvalue weighted by Gasteiger charge is 2.21. The van der Waals surface area contributed by atoms with Crippen LogP contribution < -0.4 is 0 Å². The average Bonchev–Trinajstić information content (AvgIpc) is 2.79. The molecule has 114 valence electrons. The number of rotatable bonds is 3. The third kappa shape index (κ3) is 4.00. The van der Waals surface area contributed by atoms with Crippen LogP contribution in [0.4, 0.5) is 0 Å². The summed E-state index contributed by atoms with van der Waals surface area (Å²) in [4.78, 5) is 29.1. The van der Waals surface area contributed by atoms with Crippen molar-refractivity contribution >= 4 is 23.6 Å². The number of amides is 2. The summed E-state index contributed by atoms with van der Waals surface area (Å²) in [7, 11) is 0. The Kier molecular flexibility index (Phi) is 5.67. The van der Waals surface area contributed by atoms with Crippen molar-refractivity contribution in [2.45, 2.75) is 24.7 Å². The molecule has 0 unspecified atom stereocenters. The summed E-state index contributed by atoms with van der Waals surface area (Å²) in [6.07, 6.45) is 3.40. The summed E-state index contributed by atoms with van der Waals surface area (Å²) >= 11 is 1.67. The van der Waals surface area contributed by atoms with Crippen molar-refractivity contribution in [3.63, 3.8) is 0 Å². The van der Waals surface area contributed by atoms with Crippen LogP contribution in [0.5, 0.6) is 0 Å². The normalized spacial score (nSPS) is 15.7. The lowest BCUT2D eigenvalue weighted by molar-refractivity contribution is -0.130. The molecule has 1 fully saturated rings. The van der Waals surface area contributed by atoms with Gasteiger partial charge in [0.15, 0.2) is 0 Å². The fraction of sp³-hybridized carbons (Fsp3) is 0.500. The molecule has 4 nitrogen and oxygen atoms in total. The van der Waals surface area contributed by atoms with Crippen molar-refractivity contribution in [2.75, 3.05) is 32.4 Å². The topological polar surface area (TPSA) is 40.6 Å². The molecule has 2 amide bonds. The number of carbonyl (C=O) groups excluding carboxylic acids is 2. The van der Waals surface area contributed by atoms with E-state index >= 15 is 0 Å². The monoisotopic (exact) mass is 306 g/mol. The molecule has 1 aliphatic heterocycles. The molecule has 0 N–H and O–H groups in total. The van der Waals surface area contributed by atoms with Crippen LogP contribution in [0.25, 0.3) is 0 Å². The Morgan fingerprint density at radius 3 is 2.29 bits per heavy atom. The van der Waals surface area contributed by atoms with Gasteiger partial charge in [0.05, 0.1) is 0 Å². The molecule has 0 saturated carbocycles. The maximum atomic E-state index is 12.5. The summed E-state index contributed by atoms with van der Waals surface area (Å²) in [5.74, 6) is 0.238. The zero-order chi connectivity index (χ0) is 15.2. The third-order valence-corrected chi connectivity index (χ3v) is 4.52. The zero-order valence-electron chi connectivity index (χ0n) is 12.7. The average molecular weight is 306 g/mol. The van der Waals surface area contributed by atoms with Gasteiger partial charge in [-0.3, -0.25) is 9.59 Å². The van der Waals surface area contributed by atoms with Gasteiger partial charge in [-0.25, -0.2) is 0 Å². The Labute approximate surface area is 130 Å². The molecule has 0 aliphatic carbocycles. The lowest BCUT2D eigenvalue weighted by Gasteiger charge is -2.22. The van der Waals surface area contributed by atoms with Gasteiger partial charge in [-0.15, -0.1) is 11.8 Å². The van der Waals surface area contributed by atoms with E-state index in [0.29, 0.717) is 19.5 Å². The molecule has 1 aromatic carbocycles. The third-order valence-electron chi connectivity index (χ3n) is 3.78. The molecule has 1 aliphatic rings. The molecule has 1 aromatic rings. The van der Waals surface area contributed by atoms with Gasteiger partial charge in [0.1, 0.15) is 0 Å². The van der Waals surface area contributed by atoms with Gasteiger partial charge < -0.3 is 9.80 Å². The van der Waals surface area contributed by atoms with Crippen LogP contribution in [0.15, 0.2) is 29.2 Å². The number of hydrogen-bond donors (Lipinski definition) is 0. The Bertz CT molecular complexity index is 502. The van der Waals surface area contributed by atoms with Crippen LogP contribution in [0.3, 0.4) is 0 Å². The number of hydrogen-bond acceptors (Lipinski definition) is 3. The van der Waals surface area contributed by atoms with Crippen LogP contribution >= 0.6 is 11.8 Å². The molecule has 0 spiro atoms.